The lowest BCUT2D eigenvalue weighted by atomic mass is 9.83. The van der Waals surface area contributed by atoms with Crippen LogP contribution in [0.15, 0.2) is 31.0 Å². The Hall–Kier alpha value is -2.62. The predicted octanol–water partition coefficient (Wildman–Crippen LogP) is 2.91. The lowest BCUT2D eigenvalue weighted by molar-refractivity contribution is -0.0836. The SMILES string of the molecule is CO[C@@H]1CNCC[C@@H]1N1CC(CC#N)(n2cc(-c3ncnc4c3ccn4COCC[Si](C)(C)C)cn2)C1. The van der Waals surface area contributed by atoms with E-state index in [1.54, 1.807) is 13.4 Å². The highest BCUT2D eigenvalue weighted by Crippen LogP contribution is 2.37. The fourth-order valence-corrected chi connectivity index (χ4v) is 6.24. The molecule has 0 radical (unpaired) electrons. The van der Waals surface area contributed by atoms with Crippen LogP contribution in [0.3, 0.4) is 0 Å². The Morgan fingerprint density at radius 3 is 2.86 bits per heavy atom. The minimum absolute atomic E-state index is 0.167. The van der Waals surface area contributed by atoms with E-state index in [1.807, 2.05) is 33.9 Å². The lowest BCUT2D eigenvalue weighted by Gasteiger charge is -2.54. The van der Waals surface area contributed by atoms with Crippen LogP contribution in [0.2, 0.25) is 25.7 Å². The van der Waals surface area contributed by atoms with E-state index in [1.165, 1.54) is 0 Å². The van der Waals surface area contributed by atoms with Crippen molar-refractivity contribution >= 4 is 19.1 Å². The average molecular weight is 523 g/mol. The van der Waals surface area contributed by atoms with Crippen molar-refractivity contribution in [3.63, 3.8) is 0 Å². The average Bonchev–Trinajstić information content (AvgIpc) is 3.51. The first-order chi connectivity index (χ1) is 17.8. The number of nitriles is 1. The molecule has 3 aromatic rings. The first kappa shape index (κ1) is 26.0. The summed E-state index contributed by atoms with van der Waals surface area (Å²) in [5, 5.41) is 18.8. The van der Waals surface area contributed by atoms with Crippen molar-refractivity contribution < 1.29 is 9.47 Å². The molecule has 2 aliphatic heterocycles. The number of aromatic nitrogens is 5. The summed E-state index contributed by atoms with van der Waals surface area (Å²) in [7, 11) is 0.655. The molecule has 11 heteroatoms. The van der Waals surface area contributed by atoms with Gasteiger partial charge in [-0.05, 0) is 25.1 Å². The van der Waals surface area contributed by atoms with Crippen LogP contribution in [0, 0.1) is 11.3 Å². The molecule has 0 aliphatic carbocycles. The van der Waals surface area contributed by atoms with Crippen LogP contribution in [0.1, 0.15) is 12.8 Å². The summed E-state index contributed by atoms with van der Waals surface area (Å²) in [6, 6.07) is 5.94. The van der Waals surface area contributed by atoms with Gasteiger partial charge >= 0.3 is 0 Å². The fraction of sp³-hybridized carbons (Fsp3) is 0.615. The van der Waals surface area contributed by atoms with Crippen molar-refractivity contribution in [3.8, 4) is 17.3 Å². The smallest absolute Gasteiger partial charge is 0.145 e. The molecule has 10 nitrogen and oxygen atoms in total. The molecule has 37 heavy (non-hydrogen) atoms. The molecule has 0 spiro atoms. The molecule has 0 unspecified atom stereocenters. The Morgan fingerprint density at radius 1 is 1.27 bits per heavy atom. The summed E-state index contributed by atoms with van der Waals surface area (Å²) < 4.78 is 15.7. The molecular weight excluding hydrogens is 484 g/mol. The maximum atomic E-state index is 9.65. The van der Waals surface area contributed by atoms with Crippen molar-refractivity contribution in [1.82, 2.24) is 34.5 Å². The minimum atomic E-state index is -1.13. The van der Waals surface area contributed by atoms with Crippen LogP contribution in [0.4, 0.5) is 0 Å². The maximum Gasteiger partial charge on any atom is 0.145 e. The van der Waals surface area contributed by atoms with Gasteiger partial charge in [0.2, 0.25) is 0 Å². The van der Waals surface area contributed by atoms with E-state index in [0.717, 1.165) is 67.5 Å². The lowest BCUT2D eigenvalue weighted by Crippen LogP contribution is -2.69. The molecule has 3 aromatic heterocycles. The van der Waals surface area contributed by atoms with Crippen LogP contribution >= 0.6 is 0 Å². The van der Waals surface area contributed by atoms with Crippen LogP contribution in [-0.4, -0.2) is 89.3 Å². The number of hydrogen-bond donors (Lipinski definition) is 1. The van der Waals surface area contributed by atoms with Crippen LogP contribution in [0.5, 0.6) is 0 Å². The first-order valence-corrected chi connectivity index (χ1v) is 16.8. The molecule has 198 valence electrons. The molecule has 2 atom stereocenters. The van der Waals surface area contributed by atoms with Gasteiger partial charge in [-0.25, -0.2) is 9.97 Å². The molecular formula is C26H38N8O2Si. The quantitative estimate of drug-likeness (QED) is 0.320. The van der Waals surface area contributed by atoms with E-state index < -0.39 is 8.07 Å². The van der Waals surface area contributed by atoms with Crippen LogP contribution in [0.25, 0.3) is 22.3 Å². The molecule has 2 saturated heterocycles. The number of piperidine rings is 1. The van der Waals surface area contributed by atoms with Crippen molar-refractivity contribution in [2.24, 2.45) is 0 Å². The van der Waals surface area contributed by atoms with Gasteiger partial charge in [0, 0.05) is 70.8 Å². The number of fused-ring (bicyclic) bond motifs is 1. The molecule has 1 N–H and O–H groups in total. The second-order valence-corrected chi connectivity index (χ2v) is 17.2. The van der Waals surface area contributed by atoms with Gasteiger partial charge in [0.05, 0.1) is 30.5 Å². The van der Waals surface area contributed by atoms with Crippen molar-refractivity contribution in [2.45, 2.75) is 62.9 Å². The standard InChI is InChI=1S/C26H38N8O2Si/c1-35-23-14-28-9-5-22(23)33-16-26(17-33,7-8-27)34-15-20(13-31-34)24-21-6-10-32(25(21)30-18-29-24)19-36-11-12-37(2,3)4/h6,10,13,15,18,22-23,28H,5,7,9,11-12,14,16-17,19H2,1-4H3/t22-,23+/m0/s1. The van der Waals surface area contributed by atoms with E-state index >= 15 is 0 Å². The van der Waals surface area contributed by atoms with Crippen molar-refractivity contribution in [1.29, 1.82) is 5.26 Å². The Labute approximate surface area is 219 Å². The predicted molar refractivity (Wildman–Crippen MR) is 145 cm³/mol. The highest BCUT2D eigenvalue weighted by Gasteiger charge is 2.49. The summed E-state index contributed by atoms with van der Waals surface area (Å²) in [6.07, 6.45) is 9.13. The molecule has 5 rings (SSSR count). The number of nitrogens with one attached hydrogen (secondary N) is 1. The number of ether oxygens (including phenoxy) is 2. The van der Waals surface area contributed by atoms with Gasteiger partial charge in [-0.15, -0.1) is 0 Å². The van der Waals surface area contributed by atoms with E-state index in [4.69, 9.17) is 14.6 Å². The third kappa shape index (κ3) is 5.35. The summed E-state index contributed by atoms with van der Waals surface area (Å²) in [4.78, 5) is 11.6. The van der Waals surface area contributed by atoms with Gasteiger partial charge in [-0.3, -0.25) is 9.58 Å². The largest absolute Gasteiger partial charge is 0.378 e. The number of nitrogens with zero attached hydrogens (tertiary/aromatic N) is 7. The van der Waals surface area contributed by atoms with Gasteiger partial charge in [0.1, 0.15) is 24.2 Å². The van der Waals surface area contributed by atoms with E-state index in [9.17, 15) is 5.26 Å². The monoisotopic (exact) mass is 522 g/mol. The molecule has 0 aromatic carbocycles. The number of methoxy groups -OCH3 is 1. The highest BCUT2D eigenvalue weighted by molar-refractivity contribution is 6.76. The number of hydrogen-bond acceptors (Lipinski definition) is 8. The van der Waals surface area contributed by atoms with Gasteiger partial charge in [0.15, 0.2) is 0 Å². The second kappa shape index (κ2) is 10.6. The normalized spacial score (nSPS) is 22.1. The molecule has 2 fully saturated rings. The maximum absolute atomic E-state index is 9.65. The fourth-order valence-electron chi connectivity index (χ4n) is 5.49. The van der Waals surface area contributed by atoms with Crippen LogP contribution < -0.4 is 5.32 Å². The summed E-state index contributed by atoms with van der Waals surface area (Å²) in [6.45, 7) is 11.7. The van der Waals surface area contributed by atoms with Crippen molar-refractivity contribution in [3.05, 3.63) is 31.0 Å². The Bertz CT molecular complexity index is 1250. The van der Waals surface area contributed by atoms with E-state index in [2.05, 4.69) is 45.9 Å². The van der Waals surface area contributed by atoms with Gasteiger partial charge in [-0.1, -0.05) is 19.6 Å². The Kier molecular flexibility index (Phi) is 7.47. The van der Waals surface area contributed by atoms with E-state index in [-0.39, 0.29) is 11.6 Å². The van der Waals surface area contributed by atoms with E-state index in [0.29, 0.717) is 19.2 Å². The van der Waals surface area contributed by atoms with Crippen LogP contribution in [-0.2, 0) is 21.7 Å². The number of rotatable bonds is 10. The molecule has 2 aliphatic rings. The third-order valence-electron chi connectivity index (χ3n) is 7.69. The molecule has 5 heterocycles. The van der Waals surface area contributed by atoms with Gasteiger partial charge in [0.25, 0.3) is 0 Å². The molecule has 0 bridgehead atoms. The van der Waals surface area contributed by atoms with Gasteiger partial charge in [-0.2, -0.15) is 10.4 Å². The summed E-state index contributed by atoms with van der Waals surface area (Å²) >= 11 is 0. The molecule has 0 amide bonds. The number of likely N-dealkylation sites (tertiary alicyclic amines) is 1. The Balaban J connectivity index is 1.32. The van der Waals surface area contributed by atoms with Gasteiger partial charge < -0.3 is 19.4 Å². The Morgan fingerprint density at radius 2 is 2.11 bits per heavy atom. The third-order valence-corrected chi connectivity index (χ3v) is 9.40. The highest BCUT2D eigenvalue weighted by atomic mass is 28.3. The topological polar surface area (TPSA) is 106 Å². The summed E-state index contributed by atoms with van der Waals surface area (Å²) in [5.74, 6) is 0. The zero-order chi connectivity index (χ0) is 26.0. The second-order valence-electron chi connectivity index (χ2n) is 11.6. The zero-order valence-corrected chi connectivity index (χ0v) is 23.4. The minimum Gasteiger partial charge on any atom is -0.378 e. The first-order valence-electron chi connectivity index (χ1n) is 13.1. The molecule has 0 saturated carbocycles. The van der Waals surface area contributed by atoms with Crippen molar-refractivity contribution in [2.75, 3.05) is 39.9 Å². The summed E-state index contributed by atoms with van der Waals surface area (Å²) in [5.41, 5.74) is 2.29. The zero-order valence-electron chi connectivity index (χ0n) is 22.4.